The van der Waals surface area contributed by atoms with E-state index in [4.69, 9.17) is 4.74 Å². The smallest absolute Gasteiger partial charge is 0.319 e. The average molecular weight is 223 g/mol. The van der Waals surface area contributed by atoms with Crippen LogP contribution in [0.3, 0.4) is 0 Å². The number of hydrogen-bond acceptors (Lipinski definition) is 3. The van der Waals surface area contributed by atoms with Crippen LogP contribution in [0.25, 0.3) is 0 Å². The molecule has 2 N–H and O–H groups in total. The molecule has 1 aromatic heterocycles. The lowest BCUT2D eigenvalue weighted by Gasteiger charge is -2.13. The first kappa shape index (κ1) is 12.3. The normalized spacial score (nSPS) is 11.7. The van der Waals surface area contributed by atoms with Gasteiger partial charge in [0, 0.05) is 12.2 Å². The van der Waals surface area contributed by atoms with E-state index in [2.05, 4.69) is 15.6 Å². The van der Waals surface area contributed by atoms with Crippen molar-refractivity contribution >= 4 is 11.7 Å². The zero-order valence-corrected chi connectivity index (χ0v) is 9.78. The quantitative estimate of drug-likeness (QED) is 0.820. The van der Waals surface area contributed by atoms with Crippen molar-refractivity contribution in [1.29, 1.82) is 0 Å². The Morgan fingerprint density at radius 1 is 1.62 bits per heavy atom. The number of rotatable bonds is 4. The van der Waals surface area contributed by atoms with Crippen LogP contribution in [0, 0.1) is 0 Å². The van der Waals surface area contributed by atoms with Crippen LogP contribution in [0.15, 0.2) is 18.3 Å². The van der Waals surface area contributed by atoms with Gasteiger partial charge in [-0.1, -0.05) is 6.92 Å². The SMILES string of the molecule is CCC(C)NC(=O)Nc1cccnc1OC. The zero-order valence-electron chi connectivity index (χ0n) is 9.78. The lowest BCUT2D eigenvalue weighted by atomic mass is 10.3. The highest BCUT2D eigenvalue weighted by molar-refractivity contribution is 5.90. The number of carbonyl (C=O) groups excluding carboxylic acids is 1. The Morgan fingerprint density at radius 2 is 2.38 bits per heavy atom. The van der Waals surface area contributed by atoms with Crippen LogP contribution in [0.5, 0.6) is 5.88 Å². The Hall–Kier alpha value is -1.78. The van der Waals surface area contributed by atoms with Gasteiger partial charge < -0.3 is 15.4 Å². The van der Waals surface area contributed by atoms with E-state index in [9.17, 15) is 4.79 Å². The summed E-state index contributed by atoms with van der Waals surface area (Å²) in [6.07, 6.45) is 2.49. The van der Waals surface area contributed by atoms with Gasteiger partial charge in [-0.05, 0) is 25.5 Å². The Bertz CT molecular complexity index is 355. The van der Waals surface area contributed by atoms with Crippen molar-refractivity contribution in [2.45, 2.75) is 26.3 Å². The highest BCUT2D eigenvalue weighted by Gasteiger charge is 2.09. The second-order valence-electron chi connectivity index (χ2n) is 3.47. The second-order valence-corrected chi connectivity index (χ2v) is 3.47. The van der Waals surface area contributed by atoms with Gasteiger partial charge in [0.25, 0.3) is 0 Å². The molecule has 2 amide bonds. The third-order valence-electron chi connectivity index (χ3n) is 2.20. The molecule has 0 spiro atoms. The van der Waals surface area contributed by atoms with Crippen molar-refractivity contribution in [3.05, 3.63) is 18.3 Å². The second kappa shape index (κ2) is 5.95. The Balaban J connectivity index is 2.62. The van der Waals surface area contributed by atoms with Crippen molar-refractivity contribution in [3.8, 4) is 5.88 Å². The molecule has 5 nitrogen and oxygen atoms in total. The number of ether oxygens (including phenoxy) is 1. The van der Waals surface area contributed by atoms with Gasteiger partial charge in [-0.3, -0.25) is 0 Å². The van der Waals surface area contributed by atoms with Crippen molar-refractivity contribution in [1.82, 2.24) is 10.3 Å². The molecule has 0 aromatic carbocycles. The Morgan fingerprint density at radius 3 is 3.00 bits per heavy atom. The predicted molar refractivity (Wildman–Crippen MR) is 62.7 cm³/mol. The van der Waals surface area contributed by atoms with E-state index in [0.717, 1.165) is 6.42 Å². The molecule has 1 unspecified atom stereocenters. The van der Waals surface area contributed by atoms with Gasteiger partial charge in [0.1, 0.15) is 5.69 Å². The van der Waals surface area contributed by atoms with Crippen LogP contribution in [-0.4, -0.2) is 24.2 Å². The van der Waals surface area contributed by atoms with Crippen molar-refractivity contribution < 1.29 is 9.53 Å². The molecule has 1 heterocycles. The number of aromatic nitrogens is 1. The first-order chi connectivity index (χ1) is 7.67. The lowest BCUT2D eigenvalue weighted by Crippen LogP contribution is -2.35. The van der Waals surface area contributed by atoms with Crippen molar-refractivity contribution in [3.63, 3.8) is 0 Å². The van der Waals surface area contributed by atoms with Crippen LogP contribution in [0.4, 0.5) is 10.5 Å². The summed E-state index contributed by atoms with van der Waals surface area (Å²) in [5.74, 6) is 0.404. The molecule has 0 bridgehead atoms. The minimum Gasteiger partial charge on any atom is -0.480 e. The highest BCUT2D eigenvalue weighted by Crippen LogP contribution is 2.19. The van der Waals surface area contributed by atoms with Gasteiger partial charge in [-0.15, -0.1) is 0 Å². The van der Waals surface area contributed by atoms with E-state index in [1.807, 2.05) is 13.8 Å². The summed E-state index contributed by atoms with van der Waals surface area (Å²) in [6.45, 7) is 3.95. The van der Waals surface area contributed by atoms with Crippen LogP contribution < -0.4 is 15.4 Å². The molecule has 16 heavy (non-hydrogen) atoms. The van der Waals surface area contributed by atoms with Crippen LogP contribution in [0.1, 0.15) is 20.3 Å². The van der Waals surface area contributed by atoms with E-state index in [-0.39, 0.29) is 12.1 Å². The Labute approximate surface area is 95.2 Å². The van der Waals surface area contributed by atoms with Gasteiger partial charge in [-0.2, -0.15) is 0 Å². The zero-order chi connectivity index (χ0) is 12.0. The summed E-state index contributed by atoms with van der Waals surface area (Å²) in [4.78, 5) is 15.5. The Kier molecular flexibility index (Phi) is 4.57. The molecular weight excluding hydrogens is 206 g/mol. The number of amides is 2. The average Bonchev–Trinajstić information content (AvgIpc) is 2.29. The van der Waals surface area contributed by atoms with Crippen LogP contribution in [0.2, 0.25) is 0 Å². The molecular formula is C11H17N3O2. The van der Waals surface area contributed by atoms with Gasteiger partial charge >= 0.3 is 6.03 Å². The maximum absolute atomic E-state index is 11.5. The number of nitrogens with one attached hydrogen (secondary N) is 2. The predicted octanol–water partition coefficient (Wildman–Crippen LogP) is 2.01. The summed E-state index contributed by atoms with van der Waals surface area (Å²) < 4.78 is 5.02. The van der Waals surface area contributed by atoms with Crippen molar-refractivity contribution in [2.24, 2.45) is 0 Å². The molecule has 0 saturated carbocycles. The first-order valence-electron chi connectivity index (χ1n) is 5.24. The lowest BCUT2D eigenvalue weighted by molar-refractivity contribution is 0.249. The first-order valence-corrected chi connectivity index (χ1v) is 5.24. The monoisotopic (exact) mass is 223 g/mol. The van der Waals surface area contributed by atoms with Gasteiger partial charge in [0.2, 0.25) is 5.88 Å². The molecule has 5 heteroatoms. The number of nitrogens with zero attached hydrogens (tertiary/aromatic N) is 1. The fourth-order valence-corrected chi connectivity index (χ4v) is 1.13. The van der Waals surface area contributed by atoms with Gasteiger partial charge in [-0.25, -0.2) is 9.78 Å². The maximum Gasteiger partial charge on any atom is 0.319 e. The molecule has 1 atom stereocenters. The molecule has 0 radical (unpaired) electrons. The summed E-state index contributed by atoms with van der Waals surface area (Å²) >= 11 is 0. The van der Waals surface area contributed by atoms with Crippen LogP contribution >= 0.6 is 0 Å². The number of carbonyl (C=O) groups is 1. The molecule has 0 fully saturated rings. The van der Waals surface area contributed by atoms with E-state index in [1.54, 1.807) is 18.3 Å². The fraction of sp³-hybridized carbons (Fsp3) is 0.455. The van der Waals surface area contributed by atoms with Gasteiger partial charge in [0.15, 0.2) is 0 Å². The summed E-state index contributed by atoms with van der Waals surface area (Å²) in [5, 5.41) is 5.49. The van der Waals surface area contributed by atoms with Crippen molar-refractivity contribution in [2.75, 3.05) is 12.4 Å². The van der Waals surface area contributed by atoms with E-state index < -0.39 is 0 Å². The molecule has 88 valence electrons. The molecule has 0 aliphatic heterocycles. The largest absolute Gasteiger partial charge is 0.480 e. The number of pyridine rings is 1. The topological polar surface area (TPSA) is 63.2 Å². The number of anilines is 1. The molecule has 0 saturated heterocycles. The molecule has 1 rings (SSSR count). The third-order valence-corrected chi connectivity index (χ3v) is 2.20. The number of methoxy groups -OCH3 is 1. The van der Waals surface area contributed by atoms with E-state index in [0.29, 0.717) is 11.6 Å². The summed E-state index contributed by atoms with van der Waals surface area (Å²) in [6, 6.07) is 3.37. The highest BCUT2D eigenvalue weighted by atomic mass is 16.5. The fourth-order valence-electron chi connectivity index (χ4n) is 1.13. The summed E-state index contributed by atoms with van der Waals surface area (Å²) in [7, 11) is 1.51. The third kappa shape index (κ3) is 3.42. The van der Waals surface area contributed by atoms with E-state index in [1.165, 1.54) is 7.11 Å². The van der Waals surface area contributed by atoms with E-state index >= 15 is 0 Å². The number of urea groups is 1. The van der Waals surface area contributed by atoms with Crippen LogP contribution in [-0.2, 0) is 0 Å². The minimum atomic E-state index is -0.249. The number of hydrogen-bond donors (Lipinski definition) is 2. The molecule has 0 aliphatic carbocycles. The summed E-state index contributed by atoms with van der Waals surface area (Å²) in [5.41, 5.74) is 0.561. The molecule has 1 aromatic rings. The molecule has 0 aliphatic rings. The standard InChI is InChI=1S/C11H17N3O2/c1-4-8(2)13-11(15)14-9-6-5-7-12-10(9)16-3/h5-8H,4H2,1-3H3,(H2,13,14,15). The maximum atomic E-state index is 11.5. The minimum absolute atomic E-state index is 0.141. The van der Waals surface area contributed by atoms with Gasteiger partial charge in [0.05, 0.1) is 7.11 Å².